The van der Waals surface area contributed by atoms with Crippen LogP contribution in [0.5, 0.6) is 0 Å². The van der Waals surface area contributed by atoms with Crippen LogP contribution in [0.2, 0.25) is 0 Å². The second-order valence-corrected chi connectivity index (χ2v) is 6.81. The van der Waals surface area contributed by atoms with E-state index in [-0.39, 0.29) is 5.03 Å². The standard InChI is InChI=1S/C14H17N5O2S/c1-10-18-13(9-19(10)2)22(20,21)17-7-5-11-8-16-12-4-3-6-15-14(11)12/h3-4,6,8-9,16-17H,5,7H2,1-2H3. The summed E-state index contributed by atoms with van der Waals surface area (Å²) in [6.45, 7) is 2.05. The highest BCUT2D eigenvalue weighted by atomic mass is 32.2. The Labute approximate surface area is 128 Å². The second kappa shape index (κ2) is 5.54. The second-order valence-electron chi connectivity index (χ2n) is 5.10. The van der Waals surface area contributed by atoms with Gasteiger partial charge in [0.25, 0.3) is 10.0 Å². The third kappa shape index (κ3) is 2.75. The van der Waals surface area contributed by atoms with Gasteiger partial charge >= 0.3 is 0 Å². The van der Waals surface area contributed by atoms with Gasteiger partial charge in [-0.25, -0.2) is 18.1 Å². The van der Waals surface area contributed by atoms with Gasteiger partial charge in [-0.1, -0.05) is 0 Å². The van der Waals surface area contributed by atoms with Crippen molar-refractivity contribution in [1.82, 2.24) is 24.2 Å². The van der Waals surface area contributed by atoms with Crippen LogP contribution in [0.25, 0.3) is 11.0 Å². The van der Waals surface area contributed by atoms with E-state index in [1.165, 1.54) is 6.20 Å². The fourth-order valence-electron chi connectivity index (χ4n) is 2.25. The summed E-state index contributed by atoms with van der Waals surface area (Å²) < 4.78 is 28.6. The minimum atomic E-state index is -3.58. The Morgan fingerprint density at radius 3 is 2.95 bits per heavy atom. The van der Waals surface area contributed by atoms with E-state index in [1.54, 1.807) is 24.7 Å². The normalized spacial score (nSPS) is 12.1. The molecular formula is C14H17N5O2S. The fourth-order valence-corrected chi connectivity index (χ4v) is 3.32. The number of aromatic nitrogens is 4. The Morgan fingerprint density at radius 2 is 2.23 bits per heavy atom. The molecule has 0 spiro atoms. The molecule has 0 bridgehead atoms. The van der Waals surface area contributed by atoms with Gasteiger partial charge in [0, 0.05) is 32.2 Å². The maximum Gasteiger partial charge on any atom is 0.259 e. The Hall–Kier alpha value is -2.19. The van der Waals surface area contributed by atoms with E-state index in [4.69, 9.17) is 0 Å². The summed E-state index contributed by atoms with van der Waals surface area (Å²) in [5.41, 5.74) is 2.80. The smallest absolute Gasteiger partial charge is 0.259 e. The Balaban J connectivity index is 1.70. The van der Waals surface area contributed by atoms with Crippen LogP contribution in [0.4, 0.5) is 0 Å². The summed E-state index contributed by atoms with van der Waals surface area (Å²) in [7, 11) is -1.82. The molecule has 8 heteroatoms. The van der Waals surface area contributed by atoms with E-state index >= 15 is 0 Å². The van der Waals surface area contributed by atoms with Crippen LogP contribution < -0.4 is 4.72 Å². The Morgan fingerprint density at radius 1 is 1.41 bits per heavy atom. The molecule has 3 aromatic heterocycles. The summed E-state index contributed by atoms with van der Waals surface area (Å²) in [6, 6.07) is 3.79. The lowest BCUT2D eigenvalue weighted by molar-refractivity contribution is 0.578. The van der Waals surface area contributed by atoms with Gasteiger partial charge in [-0.3, -0.25) is 4.98 Å². The number of sulfonamides is 1. The molecule has 0 radical (unpaired) electrons. The summed E-state index contributed by atoms with van der Waals surface area (Å²) in [5.74, 6) is 0.654. The van der Waals surface area contributed by atoms with Crippen molar-refractivity contribution in [2.75, 3.05) is 6.54 Å². The van der Waals surface area contributed by atoms with Crippen molar-refractivity contribution in [3.8, 4) is 0 Å². The number of pyridine rings is 1. The van der Waals surface area contributed by atoms with Crippen LogP contribution in [0.3, 0.4) is 0 Å². The zero-order chi connectivity index (χ0) is 15.7. The SMILES string of the molecule is Cc1nc(S(=O)(=O)NCCc2c[nH]c3cccnc23)cn1C. The molecule has 0 amide bonds. The summed E-state index contributed by atoms with van der Waals surface area (Å²) in [4.78, 5) is 11.5. The predicted octanol–water partition coefficient (Wildman–Crippen LogP) is 1.13. The maximum absolute atomic E-state index is 12.2. The topological polar surface area (TPSA) is 92.7 Å². The molecule has 0 unspecified atom stereocenters. The largest absolute Gasteiger partial charge is 0.360 e. The number of hydrogen-bond acceptors (Lipinski definition) is 4. The van der Waals surface area contributed by atoms with Gasteiger partial charge in [-0.05, 0) is 31.0 Å². The van der Waals surface area contributed by atoms with Gasteiger partial charge in [-0.15, -0.1) is 0 Å². The molecule has 2 N–H and O–H groups in total. The lowest BCUT2D eigenvalue weighted by Gasteiger charge is -2.03. The van der Waals surface area contributed by atoms with Crippen molar-refractivity contribution >= 4 is 21.1 Å². The lowest BCUT2D eigenvalue weighted by Crippen LogP contribution is -2.26. The highest BCUT2D eigenvalue weighted by Gasteiger charge is 2.18. The van der Waals surface area contributed by atoms with Crippen LogP contribution in [0.1, 0.15) is 11.4 Å². The average molecular weight is 319 g/mol. The number of nitrogens with zero attached hydrogens (tertiary/aromatic N) is 3. The van der Waals surface area contributed by atoms with Gasteiger partial charge in [0.2, 0.25) is 0 Å². The van der Waals surface area contributed by atoms with Crippen LogP contribution in [-0.4, -0.2) is 34.5 Å². The van der Waals surface area contributed by atoms with Gasteiger partial charge < -0.3 is 9.55 Å². The first kappa shape index (κ1) is 14.7. The molecule has 0 atom stereocenters. The van der Waals surface area contributed by atoms with Crippen molar-refractivity contribution in [3.05, 3.63) is 42.1 Å². The number of H-pyrrole nitrogens is 1. The van der Waals surface area contributed by atoms with Crippen molar-refractivity contribution in [2.24, 2.45) is 7.05 Å². The number of nitrogens with one attached hydrogen (secondary N) is 2. The molecule has 0 aliphatic rings. The first-order chi connectivity index (χ1) is 10.5. The zero-order valence-corrected chi connectivity index (χ0v) is 13.2. The molecule has 0 aliphatic heterocycles. The number of hydrogen-bond donors (Lipinski definition) is 2. The molecule has 3 aromatic rings. The molecule has 0 fully saturated rings. The van der Waals surface area contributed by atoms with E-state index in [0.29, 0.717) is 18.8 Å². The molecule has 3 rings (SSSR count). The first-order valence-corrected chi connectivity index (χ1v) is 8.36. The lowest BCUT2D eigenvalue weighted by atomic mass is 10.2. The third-order valence-electron chi connectivity index (χ3n) is 3.56. The number of imidazole rings is 1. The van der Waals surface area contributed by atoms with E-state index in [0.717, 1.165) is 16.6 Å². The third-order valence-corrected chi connectivity index (χ3v) is 4.89. The highest BCUT2D eigenvalue weighted by Crippen LogP contribution is 2.15. The highest BCUT2D eigenvalue weighted by molar-refractivity contribution is 7.89. The molecule has 0 saturated carbocycles. The molecule has 0 aromatic carbocycles. The summed E-state index contributed by atoms with van der Waals surface area (Å²) in [5, 5.41) is 0.0459. The van der Waals surface area contributed by atoms with Gasteiger partial charge in [0.05, 0.1) is 11.0 Å². The maximum atomic E-state index is 12.2. The number of rotatable bonds is 5. The monoisotopic (exact) mass is 319 g/mol. The fraction of sp³-hybridized carbons (Fsp3) is 0.286. The zero-order valence-electron chi connectivity index (χ0n) is 12.4. The molecule has 22 heavy (non-hydrogen) atoms. The van der Waals surface area contributed by atoms with Crippen molar-refractivity contribution in [2.45, 2.75) is 18.4 Å². The van der Waals surface area contributed by atoms with E-state index in [9.17, 15) is 8.42 Å². The first-order valence-electron chi connectivity index (χ1n) is 6.88. The minimum Gasteiger partial charge on any atom is -0.360 e. The molecular weight excluding hydrogens is 302 g/mol. The van der Waals surface area contributed by atoms with Crippen molar-refractivity contribution in [1.29, 1.82) is 0 Å². The molecule has 116 valence electrons. The van der Waals surface area contributed by atoms with Gasteiger partial charge in [0.1, 0.15) is 5.82 Å². The number of aryl methyl sites for hydroxylation is 2. The number of aromatic amines is 1. The van der Waals surface area contributed by atoms with E-state index in [2.05, 4.69) is 19.7 Å². The molecule has 7 nitrogen and oxygen atoms in total. The van der Waals surface area contributed by atoms with Crippen molar-refractivity contribution in [3.63, 3.8) is 0 Å². The Kier molecular flexibility index (Phi) is 3.71. The molecule has 0 aliphatic carbocycles. The quantitative estimate of drug-likeness (QED) is 0.737. The minimum absolute atomic E-state index is 0.0459. The predicted molar refractivity (Wildman–Crippen MR) is 82.9 cm³/mol. The van der Waals surface area contributed by atoms with E-state index in [1.807, 2.05) is 18.3 Å². The van der Waals surface area contributed by atoms with Crippen LogP contribution in [-0.2, 0) is 23.5 Å². The van der Waals surface area contributed by atoms with Gasteiger partial charge in [-0.2, -0.15) is 0 Å². The van der Waals surface area contributed by atoms with Crippen molar-refractivity contribution < 1.29 is 8.42 Å². The van der Waals surface area contributed by atoms with Crippen LogP contribution >= 0.6 is 0 Å². The molecule has 0 saturated heterocycles. The number of fused-ring (bicyclic) bond motifs is 1. The summed E-state index contributed by atoms with van der Waals surface area (Å²) >= 11 is 0. The average Bonchev–Trinajstić information content (AvgIpc) is 3.04. The molecule has 3 heterocycles. The Bertz CT molecular complexity index is 891. The van der Waals surface area contributed by atoms with Crippen LogP contribution in [0, 0.1) is 6.92 Å². The van der Waals surface area contributed by atoms with Crippen LogP contribution in [0.15, 0.2) is 35.7 Å². The van der Waals surface area contributed by atoms with E-state index < -0.39 is 10.0 Å². The van der Waals surface area contributed by atoms with Gasteiger partial charge in [0.15, 0.2) is 5.03 Å². The summed E-state index contributed by atoms with van der Waals surface area (Å²) in [6.07, 6.45) is 5.64.